The topological polar surface area (TPSA) is 151 Å². The molecule has 2 fully saturated rings. The Morgan fingerprint density at radius 2 is 1.91 bits per heavy atom. The number of aryl methyl sites for hydroxylation is 1. The molecule has 1 aliphatic heterocycles. The highest BCUT2D eigenvalue weighted by atomic mass is 16.7. The van der Waals surface area contributed by atoms with E-state index >= 15 is 0 Å². The fraction of sp³-hybridized carbons (Fsp3) is 0.609. The van der Waals surface area contributed by atoms with Crippen molar-refractivity contribution in [3.05, 3.63) is 18.0 Å². The normalized spacial score (nSPS) is 23.9. The molecule has 3 heterocycles. The van der Waals surface area contributed by atoms with Gasteiger partial charge in [0.1, 0.15) is 5.60 Å². The van der Waals surface area contributed by atoms with Gasteiger partial charge >= 0.3 is 6.16 Å². The number of hydrogen-bond donors (Lipinski definition) is 4. The van der Waals surface area contributed by atoms with E-state index in [9.17, 15) is 4.79 Å². The Labute approximate surface area is 197 Å². The molecule has 11 nitrogen and oxygen atoms in total. The van der Waals surface area contributed by atoms with Gasteiger partial charge in [0.05, 0.1) is 23.0 Å². The maximum absolute atomic E-state index is 11.9. The van der Waals surface area contributed by atoms with Gasteiger partial charge in [0.25, 0.3) is 0 Å². The van der Waals surface area contributed by atoms with Crippen LogP contribution < -0.4 is 10.6 Å². The van der Waals surface area contributed by atoms with Crippen LogP contribution in [0.1, 0.15) is 63.9 Å². The van der Waals surface area contributed by atoms with E-state index in [1.165, 1.54) is 32.1 Å². The maximum Gasteiger partial charge on any atom is 0.503 e. The summed E-state index contributed by atoms with van der Waals surface area (Å²) in [6.07, 6.45) is 10.4. The van der Waals surface area contributed by atoms with Crippen molar-refractivity contribution in [3.8, 4) is 0 Å². The van der Waals surface area contributed by atoms with Crippen LogP contribution in [0.4, 0.5) is 10.5 Å². The number of nitrogens with zero attached hydrogens (tertiary/aromatic N) is 4. The van der Waals surface area contributed by atoms with Crippen LogP contribution in [0, 0.1) is 5.92 Å². The lowest BCUT2D eigenvalue weighted by molar-refractivity contribution is -0.146. The van der Waals surface area contributed by atoms with E-state index < -0.39 is 6.16 Å². The summed E-state index contributed by atoms with van der Waals surface area (Å²) < 4.78 is 1.93. The minimum Gasteiger partial charge on any atom is -0.450 e. The molecule has 0 bridgehead atoms. The number of aromatic nitrogens is 3. The van der Waals surface area contributed by atoms with Crippen LogP contribution in [0.15, 0.2) is 17.5 Å². The quantitative estimate of drug-likeness (QED) is 0.517. The molecule has 3 aliphatic rings. The fourth-order valence-electron chi connectivity index (χ4n) is 5.20. The largest absolute Gasteiger partial charge is 0.503 e. The second-order valence-electron chi connectivity index (χ2n) is 9.21. The first kappa shape index (κ1) is 23.8. The zero-order valence-electron chi connectivity index (χ0n) is 19.6. The van der Waals surface area contributed by atoms with Gasteiger partial charge in [-0.3, -0.25) is 4.79 Å². The average Bonchev–Trinajstić information content (AvgIpc) is 3.43. The third-order valence-electron chi connectivity index (χ3n) is 6.92. The Bertz CT molecular complexity index is 1080. The van der Waals surface area contributed by atoms with Gasteiger partial charge in [-0.15, -0.1) is 0 Å². The number of fused-ring (bicyclic) bond motifs is 1. The molecular weight excluding hydrogens is 440 g/mol. The minimum atomic E-state index is -1.83. The number of nitrogens with one attached hydrogen (secondary N) is 2. The van der Waals surface area contributed by atoms with E-state index in [1.807, 2.05) is 17.1 Å². The summed E-state index contributed by atoms with van der Waals surface area (Å²) in [6, 6.07) is 0.464. The molecule has 34 heavy (non-hydrogen) atoms. The molecule has 0 aromatic carbocycles. The van der Waals surface area contributed by atoms with Crippen molar-refractivity contribution in [1.29, 1.82) is 0 Å². The number of oxime groups is 1. The van der Waals surface area contributed by atoms with Gasteiger partial charge in [0.2, 0.25) is 5.91 Å². The highest BCUT2D eigenvalue weighted by Crippen LogP contribution is 2.48. The van der Waals surface area contributed by atoms with Crippen molar-refractivity contribution >= 4 is 34.5 Å². The SMILES string of the molecule is CCn1ncc2c(NC3CCCCC3)c(C3=NOC4(C3)CC(C(=O)NC)C4)cnc21.O=C(O)O. The van der Waals surface area contributed by atoms with Crippen LogP contribution in [0.2, 0.25) is 0 Å². The molecule has 11 heteroatoms. The molecular formula is C23H32N6O5. The van der Waals surface area contributed by atoms with Crippen LogP contribution in [0.3, 0.4) is 0 Å². The van der Waals surface area contributed by atoms with Crippen molar-refractivity contribution < 1.29 is 24.6 Å². The van der Waals surface area contributed by atoms with Gasteiger partial charge < -0.3 is 25.7 Å². The van der Waals surface area contributed by atoms with E-state index in [0.717, 1.165) is 41.0 Å². The third kappa shape index (κ3) is 4.78. The lowest BCUT2D eigenvalue weighted by Gasteiger charge is -2.41. The molecule has 2 aliphatic carbocycles. The molecule has 1 spiro atoms. The van der Waals surface area contributed by atoms with Gasteiger partial charge in [-0.05, 0) is 19.8 Å². The number of carboxylic acid groups (broad SMARTS) is 2. The molecule has 2 aromatic rings. The van der Waals surface area contributed by atoms with Crippen LogP contribution >= 0.6 is 0 Å². The maximum atomic E-state index is 11.9. The molecule has 2 aromatic heterocycles. The average molecular weight is 473 g/mol. The van der Waals surface area contributed by atoms with E-state index in [0.29, 0.717) is 18.9 Å². The second kappa shape index (κ2) is 9.86. The van der Waals surface area contributed by atoms with Gasteiger partial charge in [-0.2, -0.15) is 5.10 Å². The Kier molecular flexibility index (Phi) is 6.90. The summed E-state index contributed by atoms with van der Waals surface area (Å²) in [5, 5.41) is 30.5. The molecule has 1 amide bonds. The molecule has 4 N–H and O–H groups in total. The molecule has 0 saturated heterocycles. The van der Waals surface area contributed by atoms with E-state index in [-0.39, 0.29) is 17.4 Å². The first-order chi connectivity index (χ1) is 16.4. The van der Waals surface area contributed by atoms with Crippen molar-refractivity contribution in [1.82, 2.24) is 20.1 Å². The standard InChI is InChI=1S/C22H30N6O2.CH2O3/c1-3-28-20-17(13-25-28)19(26-15-7-5-4-6-8-15)16(12-24-20)18-11-22(30-27-18)9-14(10-22)21(29)23-2;2-1(3)4/h12-15H,3-11H2,1-2H3,(H,23,29)(H,24,26);(H2,2,3,4). The van der Waals surface area contributed by atoms with Crippen LogP contribution in [-0.2, 0) is 16.2 Å². The predicted molar refractivity (Wildman–Crippen MR) is 126 cm³/mol. The molecule has 0 unspecified atom stereocenters. The van der Waals surface area contributed by atoms with Crippen LogP contribution in [0.5, 0.6) is 0 Å². The zero-order valence-corrected chi connectivity index (χ0v) is 19.6. The van der Waals surface area contributed by atoms with E-state index in [4.69, 9.17) is 24.8 Å². The number of carbonyl (C=O) groups is 2. The summed E-state index contributed by atoms with van der Waals surface area (Å²) in [5.74, 6) is 0.111. The molecule has 2 saturated carbocycles. The number of pyridine rings is 1. The summed E-state index contributed by atoms with van der Waals surface area (Å²) in [4.78, 5) is 31.1. The summed E-state index contributed by atoms with van der Waals surface area (Å²) in [7, 11) is 1.69. The van der Waals surface area contributed by atoms with Crippen molar-refractivity contribution in [2.45, 2.75) is 76.5 Å². The van der Waals surface area contributed by atoms with Gasteiger partial charge in [-0.1, -0.05) is 24.4 Å². The van der Waals surface area contributed by atoms with Crippen molar-refractivity contribution in [2.24, 2.45) is 11.1 Å². The monoisotopic (exact) mass is 472 g/mol. The third-order valence-corrected chi connectivity index (χ3v) is 6.92. The lowest BCUT2D eigenvalue weighted by Crippen LogP contribution is -2.49. The number of hydrogen-bond acceptors (Lipinski definition) is 7. The van der Waals surface area contributed by atoms with Crippen LogP contribution in [-0.4, -0.2) is 61.4 Å². The number of carbonyl (C=O) groups excluding carboxylic acids is 1. The first-order valence-corrected chi connectivity index (χ1v) is 11.9. The summed E-state index contributed by atoms with van der Waals surface area (Å²) >= 11 is 0. The van der Waals surface area contributed by atoms with E-state index in [2.05, 4.69) is 27.8 Å². The minimum absolute atomic E-state index is 0.0211. The molecule has 184 valence electrons. The second-order valence-corrected chi connectivity index (χ2v) is 9.21. The fourth-order valence-corrected chi connectivity index (χ4v) is 5.20. The Morgan fingerprint density at radius 1 is 1.21 bits per heavy atom. The van der Waals surface area contributed by atoms with Gasteiger partial charge in [0, 0.05) is 56.6 Å². The Hall–Kier alpha value is -3.37. The number of amides is 1. The molecule has 0 atom stereocenters. The summed E-state index contributed by atoms with van der Waals surface area (Å²) in [5.41, 5.74) is 3.56. The lowest BCUT2D eigenvalue weighted by atomic mass is 9.68. The highest BCUT2D eigenvalue weighted by Gasteiger charge is 2.53. The predicted octanol–water partition coefficient (Wildman–Crippen LogP) is 3.44. The van der Waals surface area contributed by atoms with E-state index in [1.54, 1.807) is 7.05 Å². The summed E-state index contributed by atoms with van der Waals surface area (Å²) in [6.45, 7) is 2.86. The highest BCUT2D eigenvalue weighted by molar-refractivity contribution is 6.11. The smallest absolute Gasteiger partial charge is 0.450 e. The van der Waals surface area contributed by atoms with Gasteiger partial charge in [-0.25, -0.2) is 14.5 Å². The number of anilines is 1. The molecule has 0 radical (unpaired) electrons. The van der Waals surface area contributed by atoms with Crippen molar-refractivity contribution in [3.63, 3.8) is 0 Å². The molecule has 5 rings (SSSR count). The zero-order chi connectivity index (χ0) is 24.3. The van der Waals surface area contributed by atoms with Crippen molar-refractivity contribution in [2.75, 3.05) is 12.4 Å². The number of rotatable bonds is 5. The Balaban J connectivity index is 0.000000636. The first-order valence-electron chi connectivity index (χ1n) is 11.9. The van der Waals surface area contributed by atoms with Gasteiger partial charge in [0.15, 0.2) is 5.65 Å². The van der Waals surface area contributed by atoms with Crippen LogP contribution in [0.25, 0.3) is 11.0 Å². The Morgan fingerprint density at radius 3 is 2.56 bits per heavy atom.